The Hall–Kier alpha value is -0.900. The summed E-state index contributed by atoms with van der Waals surface area (Å²) >= 11 is 0. The normalized spacial score (nSPS) is 6.67. The Morgan fingerprint density at radius 1 is 1.06 bits per heavy atom. The van der Waals surface area contributed by atoms with Gasteiger partial charge in [0.05, 0.1) is 0 Å². The predicted octanol–water partition coefficient (Wildman–Crippen LogP) is 3.42. The maximum atomic E-state index is 9.93. The van der Waals surface area contributed by atoms with Crippen LogP contribution in [0.15, 0.2) is 0 Å². The van der Waals surface area contributed by atoms with Gasteiger partial charge in [0.15, 0.2) is 0 Å². The summed E-state index contributed by atoms with van der Waals surface area (Å²) in [5, 5.41) is 10.6. The standard InChI is InChI=1S/C4H9NO.C4H8O.C3H8O.3CH4/c1-3-5-4(2)6;1-3-4(2)5;1-3(2)4;;;/h3H2,1-2H3,(H,5,6);3H2,1-2H3;3-4H,1-2H3;3*1H4. The van der Waals surface area contributed by atoms with Crippen molar-refractivity contribution in [2.45, 2.75) is 76.3 Å². The lowest BCUT2D eigenvalue weighted by Crippen LogP contribution is -2.18. The molecule has 0 radical (unpaired) electrons. The first-order chi connectivity index (χ1) is 6.77. The second kappa shape index (κ2) is 29.8. The van der Waals surface area contributed by atoms with Gasteiger partial charge in [0.25, 0.3) is 0 Å². The molecular formula is C14H37NO3. The molecule has 18 heavy (non-hydrogen) atoms. The Morgan fingerprint density at radius 3 is 1.28 bits per heavy atom. The third kappa shape index (κ3) is 179. The fourth-order valence-electron chi connectivity index (χ4n) is 0.249. The van der Waals surface area contributed by atoms with E-state index in [1.54, 1.807) is 20.8 Å². The van der Waals surface area contributed by atoms with Crippen molar-refractivity contribution in [1.29, 1.82) is 0 Å². The third-order valence-electron chi connectivity index (χ3n) is 0.924. The van der Waals surface area contributed by atoms with Crippen LogP contribution >= 0.6 is 0 Å². The topological polar surface area (TPSA) is 66.4 Å². The number of carbonyl (C=O) groups is 2. The molecule has 4 heteroatoms. The summed E-state index contributed by atoms with van der Waals surface area (Å²) in [5.41, 5.74) is 0. The molecule has 0 saturated carbocycles. The molecule has 116 valence electrons. The van der Waals surface area contributed by atoms with E-state index in [0.717, 1.165) is 6.54 Å². The Balaban J connectivity index is -0.0000000282. The average Bonchev–Trinajstić information content (AvgIpc) is 2.03. The predicted molar refractivity (Wildman–Crippen MR) is 82.9 cm³/mol. The monoisotopic (exact) mass is 267 g/mol. The van der Waals surface area contributed by atoms with E-state index in [2.05, 4.69) is 5.32 Å². The Labute approximate surface area is 115 Å². The van der Waals surface area contributed by atoms with Crippen molar-refractivity contribution >= 4 is 11.7 Å². The van der Waals surface area contributed by atoms with Crippen LogP contribution in [0.25, 0.3) is 0 Å². The van der Waals surface area contributed by atoms with Crippen LogP contribution in [-0.4, -0.2) is 29.4 Å². The molecule has 0 fully saturated rings. The number of Topliss-reactive ketones (excluding diaryl/α,β-unsaturated/α-hetero) is 1. The van der Waals surface area contributed by atoms with Crippen LogP contribution in [0.4, 0.5) is 0 Å². The maximum absolute atomic E-state index is 9.93. The van der Waals surface area contributed by atoms with E-state index >= 15 is 0 Å². The van der Waals surface area contributed by atoms with Crippen molar-refractivity contribution < 1.29 is 14.7 Å². The SMILES string of the molecule is C.C.C.CC(C)O.CCC(C)=O.CCNC(C)=O. The van der Waals surface area contributed by atoms with Gasteiger partial charge >= 0.3 is 0 Å². The van der Waals surface area contributed by atoms with Gasteiger partial charge in [-0.25, -0.2) is 0 Å². The molecule has 4 nitrogen and oxygen atoms in total. The summed E-state index contributed by atoms with van der Waals surface area (Å²) in [6.45, 7) is 11.0. The number of aliphatic hydroxyl groups is 1. The third-order valence-corrected chi connectivity index (χ3v) is 0.924. The molecule has 0 aromatic heterocycles. The number of rotatable bonds is 2. The molecule has 0 aliphatic rings. The smallest absolute Gasteiger partial charge is 0.216 e. The molecule has 0 aliphatic carbocycles. The van der Waals surface area contributed by atoms with Crippen molar-refractivity contribution in [2.75, 3.05) is 6.54 Å². The minimum Gasteiger partial charge on any atom is -0.394 e. The molecule has 0 rings (SSSR count). The van der Waals surface area contributed by atoms with Gasteiger partial charge in [-0.05, 0) is 27.7 Å². The number of hydrogen-bond donors (Lipinski definition) is 2. The molecule has 0 bridgehead atoms. The van der Waals surface area contributed by atoms with Crippen LogP contribution in [0, 0.1) is 0 Å². The van der Waals surface area contributed by atoms with Gasteiger partial charge in [0.1, 0.15) is 5.78 Å². The molecule has 0 heterocycles. The highest BCUT2D eigenvalue weighted by atomic mass is 16.3. The first kappa shape index (κ1) is 36.0. The second-order valence-electron chi connectivity index (χ2n) is 3.24. The summed E-state index contributed by atoms with van der Waals surface area (Å²) in [6, 6.07) is 0. The molecule has 0 spiro atoms. The zero-order valence-corrected chi connectivity index (χ0v) is 10.8. The van der Waals surface area contributed by atoms with Crippen molar-refractivity contribution in [3.63, 3.8) is 0 Å². The molecular weight excluding hydrogens is 230 g/mol. The number of nitrogens with one attached hydrogen (secondary N) is 1. The van der Waals surface area contributed by atoms with Gasteiger partial charge in [-0.2, -0.15) is 0 Å². The first-order valence-corrected chi connectivity index (χ1v) is 5.19. The minimum absolute atomic E-state index is 0. The van der Waals surface area contributed by atoms with Gasteiger partial charge in [-0.1, -0.05) is 29.2 Å². The van der Waals surface area contributed by atoms with Gasteiger partial charge in [-0.15, -0.1) is 0 Å². The molecule has 0 aromatic carbocycles. The fourth-order valence-corrected chi connectivity index (χ4v) is 0.249. The second-order valence-corrected chi connectivity index (χ2v) is 3.24. The molecule has 0 aliphatic heterocycles. The highest BCUT2D eigenvalue weighted by Gasteiger charge is 1.79. The van der Waals surface area contributed by atoms with Crippen molar-refractivity contribution in [2.24, 2.45) is 0 Å². The maximum Gasteiger partial charge on any atom is 0.216 e. The largest absolute Gasteiger partial charge is 0.394 e. The van der Waals surface area contributed by atoms with E-state index in [1.807, 2.05) is 13.8 Å². The van der Waals surface area contributed by atoms with Gasteiger partial charge < -0.3 is 15.2 Å². The van der Waals surface area contributed by atoms with Crippen molar-refractivity contribution in [3.8, 4) is 0 Å². The number of hydrogen-bond acceptors (Lipinski definition) is 3. The van der Waals surface area contributed by atoms with Crippen LogP contribution in [0.2, 0.25) is 0 Å². The van der Waals surface area contributed by atoms with Crippen molar-refractivity contribution in [3.05, 3.63) is 0 Å². The zero-order valence-electron chi connectivity index (χ0n) is 10.8. The van der Waals surface area contributed by atoms with Crippen LogP contribution in [0.3, 0.4) is 0 Å². The number of ketones is 1. The number of amides is 1. The van der Waals surface area contributed by atoms with E-state index in [9.17, 15) is 9.59 Å². The summed E-state index contributed by atoms with van der Waals surface area (Å²) in [4.78, 5) is 19.7. The lowest BCUT2D eigenvalue weighted by atomic mass is 10.4. The highest BCUT2D eigenvalue weighted by molar-refractivity contribution is 5.74. The van der Waals surface area contributed by atoms with E-state index < -0.39 is 0 Å². The van der Waals surface area contributed by atoms with E-state index in [1.165, 1.54) is 6.92 Å². The first-order valence-electron chi connectivity index (χ1n) is 5.19. The van der Waals surface area contributed by atoms with Crippen molar-refractivity contribution in [1.82, 2.24) is 5.32 Å². The number of carbonyl (C=O) groups excluding carboxylic acids is 2. The van der Waals surface area contributed by atoms with Crippen LogP contribution in [0.5, 0.6) is 0 Å². The quantitative estimate of drug-likeness (QED) is 0.805. The average molecular weight is 267 g/mol. The summed E-state index contributed by atoms with van der Waals surface area (Å²) in [7, 11) is 0. The van der Waals surface area contributed by atoms with Crippen LogP contribution in [0.1, 0.15) is 70.2 Å². The van der Waals surface area contributed by atoms with Gasteiger partial charge in [-0.3, -0.25) is 4.79 Å². The summed E-state index contributed by atoms with van der Waals surface area (Å²) in [5.74, 6) is 0.294. The molecule has 2 N–H and O–H groups in total. The van der Waals surface area contributed by atoms with Gasteiger partial charge in [0.2, 0.25) is 5.91 Å². The molecule has 0 unspecified atom stereocenters. The molecule has 1 amide bonds. The van der Waals surface area contributed by atoms with Crippen LogP contribution in [-0.2, 0) is 9.59 Å². The minimum atomic E-state index is -0.167. The van der Waals surface area contributed by atoms with E-state index in [0.29, 0.717) is 6.42 Å². The van der Waals surface area contributed by atoms with E-state index in [4.69, 9.17) is 5.11 Å². The van der Waals surface area contributed by atoms with E-state index in [-0.39, 0.29) is 40.1 Å². The molecule has 0 aromatic rings. The Kier molecular flexibility index (Phi) is 59.5. The zero-order chi connectivity index (χ0) is 12.9. The lowest BCUT2D eigenvalue weighted by molar-refractivity contribution is -0.119. The Bertz CT molecular complexity index is 154. The molecule has 0 atom stereocenters. The number of aliphatic hydroxyl groups excluding tert-OH is 1. The fraction of sp³-hybridized carbons (Fsp3) is 0.857. The summed E-state index contributed by atoms with van der Waals surface area (Å²) in [6.07, 6.45) is 0.500. The summed E-state index contributed by atoms with van der Waals surface area (Å²) < 4.78 is 0. The Morgan fingerprint density at radius 2 is 1.28 bits per heavy atom. The van der Waals surface area contributed by atoms with Gasteiger partial charge in [0, 0.05) is 26.0 Å². The lowest BCUT2D eigenvalue weighted by Gasteiger charge is -1.88. The molecule has 0 saturated heterocycles. The highest BCUT2D eigenvalue weighted by Crippen LogP contribution is 1.71. The van der Waals surface area contributed by atoms with Crippen LogP contribution < -0.4 is 5.32 Å².